The number of ether oxygens (including phenoxy) is 2. The molecule has 2 fully saturated rings. The summed E-state index contributed by atoms with van der Waals surface area (Å²) in [5.41, 5.74) is 1.37. The van der Waals surface area contributed by atoms with Gasteiger partial charge < -0.3 is 19.3 Å². The van der Waals surface area contributed by atoms with Crippen molar-refractivity contribution in [1.29, 1.82) is 0 Å². The van der Waals surface area contributed by atoms with E-state index in [4.69, 9.17) is 9.47 Å². The molecule has 4 rings (SSSR count). The van der Waals surface area contributed by atoms with E-state index in [1.165, 1.54) is 0 Å². The van der Waals surface area contributed by atoms with Gasteiger partial charge in [-0.15, -0.1) is 0 Å². The second kappa shape index (κ2) is 12.7. The van der Waals surface area contributed by atoms with Gasteiger partial charge in [-0.25, -0.2) is 14.8 Å². The highest BCUT2D eigenvalue weighted by Gasteiger charge is 2.40. The average Bonchev–Trinajstić information content (AvgIpc) is 3.76. The Labute approximate surface area is 230 Å². The quantitative estimate of drug-likeness (QED) is 0.306. The van der Waals surface area contributed by atoms with E-state index in [9.17, 15) is 14.4 Å². The van der Waals surface area contributed by atoms with Crippen LogP contribution < -0.4 is 0 Å². The molecule has 2 heterocycles. The first-order valence-electron chi connectivity index (χ1n) is 14.0. The van der Waals surface area contributed by atoms with Crippen molar-refractivity contribution in [2.45, 2.75) is 83.9 Å². The van der Waals surface area contributed by atoms with Gasteiger partial charge in [0.2, 0.25) is 0 Å². The number of piperidine rings is 1. The fourth-order valence-corrected chi connectivity index (χ4v) is 4.80. The molecule has 1 saturated carbocycles. The first-order valence-corrected chi connectivity index (χ1v) is 14.0. The minimum absolute atomic E-state index is 0.0623. The standard InChI is InChI=1S/C30H40N4O5/c1-5-38-18-6-7-26(35)21-8-10-22(11-9-21)27-31-19-23(20-32-27)28(36)34(24-12-13-24)25-14-16-33(17-15-25)29(37)39-30(2,3)4/h8-11,19-20,24-25H,5-7,12-18H2,1-4H3. The van der Waals surface area contributed by atoms with Crippen LogP contribution in [0.1, 0.15) is 86.9 Å². The van der Waals surface area contributed by atoms with E-state index >= 15 is 0 Å². The summed E-state index contributed by atoms with van der Waals surface area (Å²) in [5, 5.41) is 0. The number of rotatable bonds is 10. The molecule has 0 N–H and O–H groups in total. The first-order chi connectivity index (χ1) is 18.7. The Hall–Kier alpha value is -3.33. The largest absolute Gasteiger partial charge is 0.444 e. The van der Waals surface area contributed by atoms with Gasteiger partial charge in [0.25, 0.3) is 5.91 Å². The van der Waals surface area contributed by atoms with Crippen molar-refractivity contribution in [1.82, 2.24) is 19.8 Å². The number of hydrogen-bond acceptors (Lipinski definition) is 7. The lowest BCUT2D eigenvalue weighted by Crippen LogP contribution is -2.50. The van der Waals surface area contributed by atoms with Crippen molar-refractivity contribution in [3.63, 3.8) is 0 Å². The minimum Gasteiger partial charge on any atom is -0.444 e. The molecule has 1 saturated heterocycles. The van der Waals surface area contributed by atoms with Crippen LogP contribution in [0.4, 0.5) is 4.79 Å². The third-order valence-corrected chi connectivity index (χ3v) is 6.94. The molecule has 0 bridgehead atoms. The van der Waals surface area contributed by atoms with Crippen LogP contribution in [0.2, 0.25) is 0 Å². The number of nitrogens with zero attached hydrogens (tertiary/aromatic N) is 4. The van der Waals surface area contributed by atoms with Crippen LogP contribution in [-0.4, -0.2) is 81.5 Å². The van der Waals surface area contributed by atoms with Crippen LogP contribution in [-0.2, 0) is 9.47 Å². The molecule has 1 aliphatic heterocycles. The average molecular weight is 537 g/mol. The second-order valence-electron chi connectivity index (χ2n) is 11.2. The number of amides is 2. The van der Waals surface area contributed by atoms with E-state index in [0.717, 1.165) is 31.2 Å². The molecule has 2 amide bonds. The summed E-state index contributed by atoms with van der Waals surface area (Å²) in [7, 11) is 0. The molecular weight excluding hydrogens is 496 g/mol. The molecule has 1 aromatic heterocycles. The molecule has 2 aromatic rings. The highest BCUT2D eigenvalue weighted by molar-refractivity contribution is 5.96. The monoisotopic (exact) mass is 536 g/mol. The highest BCUT2D eigenvalue weighted by atomic mass is 16.6. The number of carbonyl (C=O) groups excluding carboxylic acids is 3. The Kier molecular flexibility index (Phi) is 9.32. The van der Waals surface area contributed by atoms with E-state index in [1.807, 2.05) is 44.7 Å². The molecule has 1 aromatic carbocycles. The van der Waals surface area contributed by atoms with Gasteiger partial charge in [-0.2, -0.15) is 0 Å². The molecule has 0 spiro atoms. The van der Waals surface area contributed by atoms with E-state index in [0.29, 0.717) is 56.1 Å². The van der Waals surface area contributed by atoms with Crippen molar-refractivity contribution >= 4 is 17.8 Å². The molecule has 0 atom stereocenters. The third-order valence-electron chi connectivity index (χ3n) is 6.94. The van der Waals surface area contributed by atoms with E-state index in [1.54, 1.807) is 29.4 Å². The van der Waals surface area contributed by atoms with Crippen LogP contribution in [0, 0.1) is 0 Å². The maximum atomic E-state index is 13.5. The van der Waals surface area contributed by atoms with Gasteiger partial charge in [0.1, 0.15) is 5.60 Å². The fraction of sp³-hybridized carbons (Fsp3) is 0.567. The zero-order valence-corrected chi connectivity index (χ0v) is 23.5. The molecule has 9 nitrogen and oxygen atoms in total. The Morgan fingerprint density at radius 2 is 1.56 bits per heavy atom. The molecule has 1 aliphatic carbocycles. The van der Waals surface area contributed by atoms with Crippen LogP contribution >= 0.6 is 0 Å². The van der Waals surface area contributed by atoms with Crippen LogP contribution in [0.3, 0.4) is 0 Å². The van der Waals surface area contributed by atoms with Gasteiger partial charge in [0.15, 0.2) is 11.6 Å². The lowest BCUT2D eigenvalue weighted by atomic mass is 10.0. The normalized spacial score (nSPS) is 16.2. The van der Waals surface area contributed by atoms with Gasteiger partial charge in [-0.3, -0.25) is 9.59 Å². The Balaban J connectivity index is 1.35. The number of ketones is 1. The van der Waals surface area contributed by atoms with Gasteiger partial charge in [-0.1, -0.05) is 24.3 Å². The molecule has 9 heteroatoms. The molecule has 0 unspecified atom stereocenters. The topological polar surface area (TPSA) is 102 Å². The smallest absolute Gasteiger partial charge is 0.410 e. The molecule has 0 radical (unpaired) electrons. The SMILES string of the molecule is CCOCCCC(=O)c1ccc(-c2ncc(C(=O)N(C3CC3)C3CCN(C(=O)OC(C)(C)C)CC3)cn2)cc1. The Morgan fingerprint density at radius 3 is 2.13 bits per heavy atom. The lowest BCUT2D eigenvalue weighted by Gasteiger charge is -2.39. The zero-order valence-electron chi connectivity index (χ0n) is 23.5. The van der Waals surface area contributed by atoms with E-state index in [2.05, 4.69) is 9.97 Å². The summed E-state index contributed by atoms with van der Waals surface area (Å²) < 4.78 is 10.8. The first kappa shape index (κ1) is 28.7. The maximum Gasteiger partial charge on any atom is 0.410 e. The van der Waals surface area contributed by atoms with E-state index in [-0.39, 0.29) is 29.9 Å². The summed E-state index contributed by atoms with van der Waals surface area (Å²) in [6, 6.07) is 7.55. The summed E-state index contributed by atoms with van der Waals surface area (Å²) in [4.78, 5) is 51.0. The minimum atomic E-state index is -0.528. The summed E-state index contributed by atoms with van der Waals surface area (Å²) in [6.45, 7) is 9.90. The van der Waals surface area contributed by atoms with Crippen LogP contribution in [0.5, 0.6) is 0 Å². The van der Waals surface area contributed by atoms with Gasteiger partial charge >= 0.3 is 6.09 Å². The van der Waals surface area contributed by atoms with Crippen molar-refractivity contribution < 1.29 is 23.9 Å². The maximum absolute atomic E-state index is 13.5. The second-order valence-corrected chi connectivity index (χ2v) is 11.2. The van der Waals surface area contributed by atoms with Crippen molar-refractivity contribution in [3.8, 4) is 11.4 Å². The van der Waals surface area contributed by atoms with Crippen LogP contribution in [0.25, 0.3) is 11.4 Å². The molecular formula is C30H40N4O5. The van der Waals surface area contributed by atoms with Crippen molar-refractivity contribution in [2.24, 2.45) is 0 Å². The van der Waals surface area contributed by atoms with E-state index < -0.39 is 5.60 Å². The molecule has 210 valence electrons. The van der Waals surface area contributed by atoms with Gasteiger partial charge in [0.05, 0.1) is 5.56 Å². The van der Waals surface area contributed by atoms with Crippen molar-refractivity contribution in [3.05, 3.63) is 47.8 Å². The summed E-state index contributed by atoms with van der Waals surface area (Å²) in [5.74, 6) is 0.526. The fourth-order valence-electron chi connectivity index (χ4n) is 4.80. The third kappa shape index (κ3) is 7.85. The van der Waals surface area contributed by atoms with Gasteiger partial charge in [-0.05, 0) is 59.8 Å². The highest BCUT2D eigenvalue weighted by Crippen LogP contribution is 2.33. The number of hydrogen-bond donors (Lipinski definition) is 0. The lowest BCUT2D eigenvalue weighted by molar-refractivity contribution is 0.0142. The van der Waals surface area contributed by atoms with Gasteiger partial charge in [0, 0.05) is 68.3 Å². The van der Waals surface area contributed by atoms with Crippen LogP contribution in [0.15, 0.2) is 36.7 Å². The predicted molar refractivity (Wildman–Crippen MR) is 148 cm³/mol. The number of likely N-dealkylation sites (tertiary alicyclic amines) is 1. The predicted octanol–water partition coefficient (Wildman–Crippen LogP) is 5.15. The number of carbonyl (C=O) groups is 3. The zero-order chi connectivity index (χ0) is 28.0. The van der Waals surface area contributed by atoms with Crippen molar-refractivity contribution in [2.75, 3.05) is 26.3 Å². The number of benzene rings is 1. The Morgan fingerprint density at radius 1 is 0.949 bits per heavy atom. The summed E-state index contributed by atoms with van der Waals surface area (Å²) >= 11 is 0. The number of aromatic nitrogens is 2. The molecule has 2 aliphatic rings. The Bertz CT molecular complexity index is 1130. The number of Topliss-reactive ketones (excluding diaryl/α,β-unsaturated/α-hetero) is 1. The summed E-state index contributed by atoms with van der Waals surface area (Å²) in [6.07, 6.45) is 7.45. The molecule has 39 heavy (non-hydrogen) atoms.